The molecule has 9 nitrogen and oxygen atoms in total. The van der Waals surface area contributed by atoms with Crippen LogP contribution in [0.4, 0.5) is 5.69 Å². The van der Waals surface area contributed by atoms with E-state index in [-0.39, 0.29) is 29.5 Å². The number of halogens is 2. The lowest BCUT2D eigenvalue weighted by atomic mass is 10.0. The monoisotopic (exact) mass is 681 g/mol. The summed E-state index contributed by atoms with van der Waals surface area (Å²) in [7, 11) is -4.27. The minimum absolute atomic E-state index is 0.00505. The first kappa shape index (κ1) is 33.1. The molecule has 4 aromatic rings. The van der Waals surface area contributed by atoms with E-state index in [0.717, 1.165) is 9.87 Å². The summed E-state index contributed by atoms with van der Waals surface area (Å²) in [4.78, 5) is 29.5. The van der Waals surface area contributed by atoms with Crippen LogP contribution in [0.15, 0.2) is 102 Å². The highest BCUT2D eigenvalue weighted by Gasteiger charge is 2.35. The molecule has 0 aliphatic carbocycles. The molecular formula is C34H33Cl2N3O6S. The van der Waals surface area contributed by atoms with Gasteiger partial charge in [0.2, 0.25) is 11.8 Å². The molecule has 0 saturated heterocycles. The van der Waals surface area contributed by atoms with Crippen molar-refractivity contribution in [2.24, 2.45) is 0 Å². The van der Waals surface area contributed by atoms with E-state index in [9.17, 15) is 18.0 Å². The highest BCUT2D eigenvalue weighted by molar-refractivity contribution is 7.92. The molecule has 1 atom stereocenters. The number of fused-ring (bicyclic) bond motifs is 1. The molecule has 1 heterocycles. The molecule has 12 heteroatoms. The van der Waals surface area contributed by atoms with Crippen molar-refractivity contribution in [3.63, 3.8) is 0 Å². The van der Waals surface area contributed by atoms with Crippen LogP contribution < -0.4 is 19.1 Å². The van der Waals surface area contributed by atoms with Crippen molar-refractivity contribution in [2.45, 2.75) is 30.8 Å². The summed E-state index contributed by atoms with van der Waals surface area (Å²) in [6, 6.07) is 25.7. The predicted molar refractivity (Wildman–Crippen MR) is 178 cm³/mol. The number of anilines is 1. The molecule has 0 saturated carbocycles. The minimum atomic E-state index is -4.27. The molecule has 0 fully saturated rings. The van der Waals surface area contributed by atoms with Gasteiger partial charge < -0.3 is 19.7 Å². The Kier molecular flexibility index (Phi) is 10.7. The summed E-state index contributed by atoms with van der Waals surface area (Å²) in [5.41, 5.74) is 1.56. The van der Waals surface area contributed by atoms with Crippen LogP contribution in [0.5, 0.6) is 11.5 Å². The second kappa shape index (κ2) is 14.9. The van der Waals surface area contributed by atoms with Crippen LogP contribution in [-0.2, 0) is 32.6 Å². The number of carbonyl (C=O) groups is 2. The normalized spacial score (nSPS) is 13.0. The molecule has 4 aromatic carbocycles. The Morgan fingerprint density at radius 2 is 1.54 bits per heavy atom. The molecule has 1 unspecified atom stereocenters. The first-order valence-corrected chi connectivity index (χ1v) is 16.9. The SMILES string of the molecule is CCNC(=O)C(Cc1ccccc1)N(Cc1ccc(Cl)cc1Cl)C(=O)CN(c1ccc2c(c1)OCCO2)S(=O)(=O)c1ccccc1. The fourth-order valence-electron chi connectivity index (χ4n) is 5.12. The molecular weight excluding hydrogens is 649 g/mol. The molecule has 2 amide bonds. The third-order valence-corrected chi connectivity index (χ3v) is 9.78. The Bertz CT molecular complexity index is 1790. The van der Waals surface area contributed by atoms with E-state index in [1.807, 2.05) is 30.3 Å². The molecule has 46 heavy (non-hydrogen) atoms. The third kappa shape index (κ3) is 7.75. The van der Waals surface area contributed by atoms with Gasteiger partial charge in [0.1, 0.15) is 25.8 Å². The molecule has 5 rings (SSSR count). The van der Waals surface area contributed by atoms with Crippen LogP contribution in [0.1, 0.15) is 18.1 Å². The zero-order valence-corrected chi connectivity index (χ0v) is 27.4. The molecule has 0 bridgehead atoms. The van der Waals surface area contributed by atoms with Gasteiger partial charge in [-0.15, -0.1) is 0 Å². The van der Waals surface area contributed by atoms with Crippen LogP contribution in [0.3, 0.4) is 0 Å². The lowest BCUT2D eigenvalue weighted by Crippen LogP contribution is -2.53. The number of hydrogen-bond donors (Lipinski definition) is 1. The van der Waals surface area contributed by atoms with E-state index in [1.165, 1.54) is 23.1 Å². The minimum Gasteiger partial charge on any atom is -0.486 e. The highest BCUT2D eigenvalue weighted by Crippen LogP contribution is 2.36. The summed E-state index contributed by atoms with van der Waals surface area (Å²) in [6.07, 6.45) is 0.180. The Morgan fingerprint density at radius 1 is 0.870 bits per heavy atom. The maximum atomic E-state index is 14.5. The van der Waals surface area contributed by atoms with Crippen LogP contribution >= 0.6 is 23.2 Å². The van der Waals surface area contributed by atoms with Crippen LogP contribution in [0.25, 0.3) is 0 Å². The topological polar surface area (TPSA) is 105 Å². The first-order valence-electron chi connectivity index (χ1n) is 14.7. The average molecular weight is 683 g/mol. The molecule has 1 aliphatic heterocycles. The number of nitrogens with zero attached hydrogens (tertiary/aromatic N) is 2. The second-order valence-corrected chi connectivity index (χ2v) is 13.2. The maximum absolute atomic E-state index is 14.5. The lowest BCUT2D eigenvalue weighted by molar-refractivity contribution is -0.140. The Morgan fingerprint density at radius 3 is 2.22 bits per heavy atom. The maximum Gasteiger partial charge on any atom is 0.264 e. The van der Waals surface area contributed by atoms with Crippen LogP contribution in [0.2, 0.25) is 10.0 Å². The van der Waals surface area contributed by atoms with Crippen molar-refractivity contribution in [2.75, 3.05) is 30.6 Å². The molecule has 0 aromatic heterocycles. The number of sulfonamides is 1. The first-order chi connectivity index (χ1) is 22.2. The zero-order valence-electron chi connectivity index (χ0n) is 25.1. The van der Waals surface area contributed by atoms with Gasteiger partial charge >= 0.3 is 0 Å². The standard InChI is InChI=1S/C34H33Cl2N3O6S/c1-2-37-34(41)30(19-24-9-5-3-6-10-24)38(22-25-13-14-26(35)20-29(25)36)33(40)23-39(46(42,43)28-11-7-4-8-12-28)27-15-16-31-32(21-27)45-18-17-44-31/h3-16,20-21,30H,2,17-19,22-23H2,1H3,(H,37,41). The number of hydrogen-bond acceptors (Lipinski definition) is 6. The van der Waals surface area contributed by atoms with E-state index in [0.29, 0.717) is 46.9 Å². The van der Waals surface area contributed by atoms with E-state index >= 15 is 0 Å². The number of carbonyl (C=O) groups excluding carboxylic acids is 2. The molecule has 0 spiro atoms. The summed E-state index contributed by atoms with van der Waals surface area (Å²) in [5.74, 6) is -0.177. The van der Waals surface area contributed by atoms with Gasteiger partial charge in [-0.2, -0.15) is 0 Å². The van der Waals surface area contributed by atoms with E-state index in [4.69, 9.17) is 32.7 Å². The summed E-state index contributed by atoms with van der Waals surface area (Å²) in [5, 5.41) is 3.55. The molecule has 1 aliphatic rings. The van der Waals surface area contributed by atoms with Gasteiger partial charge in [-0.1, -0.05) is 77.8 Å². The fraction of sp³-hybridized carbons (Fsp3) is 0.235. The third-order valence-electron chi connectivity index (χ3n) is 7.40. The average Bonchev–Trinajstić information content (AvgIpc) is 3.06. The van der Waals surface area contributed by atoms with Crippen LogP contribution in [-0.4, -0.2) is 57.5 Å². The number of benzene rings is 4. The Hall–Kier alpha value is -4.25. The van der Waals surface area contributed by atoms with E-state index in [1.54, 1.807) is 55.5 Å². The van der Waals surface area contributed by atoms with Gasteiger partial charge in [0.05, 0.1) is 10.6 Å². The lowest BCUT2D eigenvalue weighted by Gasteiger charge is -2.34. The van der Waals surface area contributed by atoms with Crippen LogP contribution in [0, 0.1) is 0 Å². The summed E-state index contributed by atoms with van der Waals surface area (Å²) in [6.45, 7) is 2.08. The van der Waals surface area contributed by atoms with E-state index in [2.05, 4.69) is 5.32 Å². The van der Waals surface area contributed by atoms with Gasteiger partial charge in [0, 0.05) is 35.6 Å². The van der Waals surface area contributed by atoms with Crippen molar-refractivity contribution >= 4 is 50.7 Å². The van der Waals surface area contributed by atoms with Gasteiger partial charge in [-0.05, 0) is 54.4 Å². The Labute approximate surface area is 278 Å². The molecule has 0 radical (unpaired) electrons. The van der Waals surface area contributed by atoms with Crippen molar-refractivity contribution in [3.8, 4) is 11.5 Å². The molecule has 240 valence electrons. The zero-order chi connectivity index (χ0) is 32.7. The second-order valence-electron chi connectivity index (χ2n) is 10.5. The number of rotatable bonds is 12. The van der Waals surface area contributed by atoms with Crippen molar-refractivity contribution in [1.29, 1.82) is 0 Å². The van der Waals surface area contributed by atoms with Gasteiger partial charge in [-0.25, -0.2) is 8.42 Å². The number of ether oxygens (including phenoxy) is 2. The van der Waals surface area contributed by atoms with Gasteiger partial charge in [0.15, 0.2) is 11.5 Å². The van der Waals surface area contributed by atoms with Crippen molar-refractivity contribution in [3.05, 3.63) is 118 Å². The molecule has 1 N–H and O–H groups in total. The quantitative estimate of drug-likeness (QED) is 0.205. The highest BCUT2D eigenvalue weighted by atomic mass is 35.5. The largest absolute Gasteiger partial charge is 0.486 e. The number of amides is 2. The van der Waals surface area contributed by atoms with Gasteiger partial charge in [0.25, 0.3) is 10.0 Å². The summed E-state index contributed by atoms with van der Waals surface area (Å²) < 4.78 is 40.7. The fourth-order valence-corrected chi connectivity index (χ4v) is 7.01. The van der Waals surface area contributed by atoms with Gasteiger partial charge in [-0.3, -0.25) is 13.9 Å². The Balaban J connectivity index is 1.59. The number of likely N-dealkylation sites (N-methyl/N-ethyl adjacent to an activating group) is 1. The van der Waals surface area contributed by atoms with E-state index < -0.39 is 28.5 Å². The predicted octanol–water partition coefficient (Wildman–Crippen LogP) is 5.74. The number of nitrogens with one attached hydrogen (secondary N) is 1. The van der Waals surface area contributed by atoms with Crippen molar-refractivity contribution in [1.82, 2.24) is 10.2 Å². The smallest absolute Gasteiger partial charge is 0.264 e. The summed E-state index contributed by atoms with van der Waals surface area (Å²) >= 11 is 12.7. The van der Waals surface area contributed by atoms with Crippen molar-refractivity contribution < 1.29 is 27.5 Å².